The summed E-state index contributed by atoms with van der Waals surface area (Å²) in [6.45, 7) is 6.80. The van der Waals surface area contributed by atoms with E-state index in [2.05, 4.69) is 26.8 Å². The molecule has 4 aliphatic carbocycles. The number of rotatable bonds is 0. The Morgan fingerprint density at radius 1 is 1.27 bits per heavy atom. The number of allylic oxidation sites excluding steroid dienone is 2. The topological polar surface area (TPSA) is 37.3 Å². The van der Waals surface area contributed by atoms with E-state index in [1.54, 1.807) is 5.57 Å². The summed E-state index contributed by atoms with van der Waals surface area (Å²) >= 11 is 0. The van der Waals surface area contributed by atoms with Gasteiger partial charge in [-0.05, 0) is 55.4 Å². The van der Waals surface area contributed by atoms with Gasteiger partial charge in [-0.2, -0.15) is 0 Å². The van der Waals surface area contributed by atoms with Crippen LogP contribution in [0.15, 0.2) is 23.3 Å². The maximum absolute atomic E-state index is 11.8. The normalized spacial score (nSPS) is 50.6. The maximum atomic E-state index is 11.8. The van der Waals surface area contributed by atoms with Crippen molar-refractivity contribution in [2.24, 2.45) is 35.0 Å². The van der Waals surface area contributed by atoms with Crippen LogP contribution in [0.2, 0.25) is 0 Å². The van der Waals surface area contributed by atoms with Crippen molar-refractivity contribution in [2.75, 3.05) is 0 Å². The standard InChI is InChI=1S/C20H28O2/c1-11-8-13-10-14(21)4-5-15(13)16-6-7-20(3)17(18(11)16)9-12(2)19(20)22/h9-12,15-16,18-19,22H,4-8H2,1-3H3/t11?,12?,15-,16+,18+,19?,20-/m0/s1. The van der Waals surface area contributed by atoms with Crippen LogP contribution < -0.4 is 0 Å². The molecular weight excluding hydrogens is 272 g/mol. The monoisotopic (exact) mass is 300 g/mol. The zero-order chi connectivity index (χ0) is 15.6. The van der Waals surface area contributed by atoms with Gasteiger partial charge < -0.3 is 5.11 Å². The van der Waals surface area contributed by atoms with Gasteiger partial charge in [-0.15, -0.1) is 0 Å². The fourth-order valence-electron chi connectivity index (χ4n) is 6.22. The van der Waals surface area contributed by atoms with Crippen molar-refractivity contribution in [1.82, 2.24) is 0 Å². The van der Waals surface area contributed by atoms with Crippen LogP contribution in [0.1, 0.15) is 52.9 Å². The molecule has 0 spiro atoms. The summed E-state index contributed by atoms with van der Waals surface area (Å²) in [7, 11) is 0. The van der Waals surface area contributed by atoms with Gasteiger partial charge in [-0.1, -0.05) is 38.0 Å². The predicted molar refractivity (Wildman–Crippen MR) is 87.2 cm³/mol. The molecule has 0 bridgehead atoms. The number of ketones is 1. The maximum Gasteiger partial charge on any atom is 0.155 e. The van der Waals surface area contributed by atoms with Gasteiger partial charge in [0.25, 0.3) is 0 Å². The molecule has 2 heteroatoms. The van der Waals surface area contributed by atoms with Crippen LogP contribution in [-0.4, -0.2) is 17.0 Å². The average molecular weight is 300 g/mol. The first-order valence-corrected chi connectivity index (χ1v) is 9.05. The molecule has 0 aliphatic heterocycles. The zero-order valence-electron chi connectivity index (χ0n) is 14.0. The third-order valence-electron chi connectivity index (χ3n) is 7.28. The third kappa shape index (κ3) is 1.86. The SMILES string of the molecule is CC1C=C2[C@@H]3C(C)CC4=CC(=O)CC[C@@H]4[C@H]3CC[C@]2(C)C1O. The van der Waals surface area contributed by atoms with E-state index in [1.165, 1.54) is 12.0 Å². The smallest absolute Gasteiger partial charge is 0.155 e. The molecule has 22 heavy (non-hydrogen) atoms. The lowest BCUT2D eigenvalue weighted by Crippen LogP contribution is -2.47. The molecule has 4 rings (SSSR count). The number of fused-ring (bicyclic) bond motifs is 5. The summed E-state index contributed by atoms with van der Waals surface area (Å²) < 4.78 is 0. The second-order valence-corrected chi connectivity index (χ2v) is 8.58. The minimum Gasteiger partial charge on any atom is -0.392 e. The van der Waals surface area contributed by atoms with Gasteiger partial charge in [0.05, 0.1) is 6.10 Å². The Morgan fingerprint density at radius 2 is 2.05 bits per heavy atom. The van der Waals surface area contributed by atoms with Crippen LogP contribution in [0.5, 0.6) is 0 Å². The molecule has 2 saturated carbocycles. The van der Waals surface area contributed by atoms with Gasteiger partial charge in [0, 0.05) is 17.8 Å². The minimum absolute atomic E-state index is 0.000543. The van der Waals surface area contributed by atoms with Crippen LogP contribution in [-0.2, 0) is 4.79 Å². The summed E-state index contributed by atoms with van der Waals surface area (Å²) in [5.74, 6) is 3.16. The van der Waals surface area contributed by atoms with Crippen molar-refractivity contribution < 1.29 is 9.90 Å². The highest BCUT2D eigenvalue weighted by Crippen LogP contribution is 2.61. The highest BCUT2D eigenvalue weighted by Gasteiger charge is 2.55. The molecule has 120 valence electrons. The van der Waals surface area contributed by atoms with Crippen molar-refractivity contribution in [2.45, 2.75) is 59.0 Å². The number of aliphatic hydroxyl groups excluding tert-OH is 1. The minimum atomic E-state index is -0.208. The summed E-state index contributed by atoms with van der Waals surface area (Å²) in [6, 6.07) is 0. The molecular formula is C20H28O2. The van der Waals surface area contributed by atoms with E-state index in [0.29, 0.717) is 29.5 Å². The molecule has 1 N–H and O–H groups in total. The molecule has 0 aromatic heterocycles. The van der Waals surface area contributed by atoms with Crippen molar-refractivity contribution in [1.29, 1.82) is 0 Å². The molecule has 0 aromatic carbocycles. The molecule has 0 aromatic rings. The van der Waals surface area contributed by atoms with E-state index >= 15 is 0 Å². The van der Waals surface area contributed by atoms with Gasteiger partial charge in [0.15, 0.2) is 5.78 Å². The van der Waals surface area contributed by atoms with E-state index in [-0.39, 0.29) is 17.4 Å². The van der Waals surface area contributed by atoms with Crippen LogP contribution in [0.4, 0.5) is 0 Å². The molecule has 0 heterocycles. The van der Waals surface area contributed by atoms with Gasteiger partial charge in [0.2, 0.25) is 0 Å². The van der Waals surface area contributed by atoms with Crippen LogP contribution in [0, 0.1) is 35.0 Å². The lowest BCUT2D eigenvalue weighted by Gasteiger charge is -2.53. The number of carbonyl (C=O) groups excluding carboxylic acids is 1. The molecule has 2 nitrogen and oxygen atoms in total. The first-order valence-electron chi connectivity index (χ1n) is 9.05. The van der Waals surface area contributed by atoms with E-state index in [0.717, 1.165) is 25.7 Å². The molecule has 3 unspecified atom stereocenters. The Hall–Kier alpha value is -0.890. The molecule has 7 atom stereocenters. The van der Waals surface area contributed by atoms with E-state index in [9.17, 15) is 9.90 Å². The van der Waals surface area contributed by atoms with Crippen molar-refractivity contribution in [3.63, 3.8) is 0 Å². The highest BCUT2D eigenvalue weighted by atomic mass is 16.3. The van der Waals surface area contributed by atoms with Gasteiger partial charge >= 0.3 is 0 Å². The molecule has 0 radical (unpaired) electrons. The van der Waals surface area contributed by atoms with E-state index in [4.69, 9.17) is 0 Å². The van der Waals surface area contributed by atoms with E-state index in [1.807, 2.05) is 6.08 Å². The van der Waals surface area contributed by atoms with Crippen molar-refractivity contribution in [3.05, 3.63) is 23.3 Å². The third-order valence-corrected chi connectivity index (χ3v) is 7.28. The van der Waals surface area contributed by atoms with Gasteiger partial charge in [-0.25, -0.2) is 0 Å². The Bertz CT molecular complexity index is 572. The first kappa shape index (κ1) is 14.7. The van der Waals surface area contributed by atoms with Crippen molar-refractivity contribution >= 4 is 5.78 Å². The highest BCUT2D eigenvalue weighted by molar-refractivity contribution is 5.91. The van der Waals surface area contributed by atoms with Crippen LogP contribution in [0.3, 0.4) is 0 Å². The Morgan fingerprint density at radius 3 is 2.82 bits per heavy atom. The quantitative estimate of drug-likeness (QED) is 0.689. The summed E-state index contributed by atoms with van der Waals surface area (Å²) in [6.07, 6.45) is 9.34. The number of hydrogen-bond acceptors (Lipinski definition) is 2. The van der Waals surface area contributed by atoms with Gasteiger partial charge in [-0.3, -0.25) is 4.79 Å². The lowest BCUT2D eigenvalue weighted by molar-refractivity contribution is -0.115. The first-order chi connectivity index (χ1) is 10.4. The fraction of sp³-hybridized carbons (Fsp3) is 0.750. The average Bonchev–Trinajstić information content (AvgIpc) is 2.70. The number of hydrogen-bond donors (Lipinski definition) is 1. The second kappa shape index (κ2) is 4.80. The van der Waals surface area contributed by atoms with Crippen LogP contribution in [0.25, 0.3) is 0 Å². The van der Waals surface area contributed by atoms with Crippen molar-refractivity contribution in [3.8, 4) is 0 Å². The molecule has 0 amide bonds. The van der Waals surface area contributed by atoms with Gasteiger partial charge in [0.1, 0.15) is 0 Å². The second-order valence-electron chi connectivity index (χ2n) is 8.58. The summed E-state index contributed by atoms with van der Waals surface area (Å²) in [5.41, 5.74) is 2.98. The number of aliphatic hydroxyl groups is 1. The zero-order valence-corrected chi connectivity index (χ0v) is 14.0. The summed E-state index contributed by atoms with van der Waals surface area (Å²) in [5, 5.41) is 10.7. The fourth-order valence-corrected chi connectivity index (χ4v) is 6.22. The Kier molecular flexibility index (Phi) is 3.21. The Labute approximate surface area is 133 Å². The predicted octanol–water partition coefficient (Wildman–Crippen LogP) is 3.90. The largest absolute Gasteiger partial charge is 0.392 e. The Balaban J connectivity index is 1.73. The number of carbonyl (C=O) groups is 1. The molecule has 2 fully saturated rings. The van der Waals surface area contributed by atoms with E-state index < -0.39 is 0 Å². The summed E-state index contributed by atoms with van der Waals surface area (Å²) in [4.78, 5) is 11.8. The molecule has 0 saturated heterocycles. The lowest BCUT2D eigenvalue weighted by atomic mass is 9.51. The molecule has 4 aliphatic rings. The van der Waals surface area contributed by atoms with Crippen LogP contribution >= 0.6 is 0 Å².